The molecule has 11 heavy (non-hydrogen) atoms. The first-order valence-corrected chi connectivity index (χ1v) is 4.05. The van der Waals surface area contributed by atoms with Gasteiger partial charge >= 0.3 is 0 Å². The topological polar surface area (TPSA) is 43.7 Å². The number of rotatable bonds is 5. The van der Waals surface area contributed by atoms with Crippen LogP contribution in [0.4, 0.5) is 0 Å². The van der Waals surface area contributed by atoms with E-state index in [2.05, 4.69) is 0 Å². The van der Waals surface area contributed by atoms with E-state index in [0.29, 0.717) is 6.42 Å². The molecule has 0 unspecified atom stereocenters. The zero-order chi connectivity index (χ0) is 8.85. The maximum absolute atomic E-state index is 9.38. The van der Waals surface area contributed by atoms with Crippen molar-refractivity contribution in [1.82, 2.24) is 4.90 Å². The molecule has 0 aromatic heterocycles. The van der Waals surface area contributed by atoms with Crippen LogP contribution in [0.2, 0.25) is 0 Å². The van der Waals surface area contributed by atoms with Crippen LogP contribution < -0.4 is 0 Å². The molecule has 0 bridgehead atoms. The van der Waals surface area contributed by atoms with E-state index in [0.717, 1.165) is 6.54 Å². The van der Waals surface area contributed by atoms with E-state index in [4.69, 9.17) is 5.11 Å². The van der Waals surface area contributed by atoms with Crippen LogP contribution in [0.15, 0.2) is 0 Å². The second kappa shape index (κ2) is 5.52. The van der Waals surface area contributed by atoms with Crippen LogP contribution in [-0.4, -0.2) is 48.5 Å². The molecule has 0 radical (unpaired) electrons. The molecule has 0 saturated carbocycles. The molecule has 0 heterocycles. The van der Waals surface area contributed by atoms with Crippen molar-refractivity contribution in [1.29, 1.82) is 0 Å². The highest BCUT2D eigenvalue weighted by molar-refractivity contribution is 4.68. The van der Waals surface area contributed by atoms with E-state index >= 15 is 0 Å². The molecule has 0 fully saturated rings. The molecule has 0 aromatic carbocycles. The van der Waals surface area contributed by atoms with Gasteiger partial charge in [-0.15, -0.1) is 0 Å². The Morgan fingerprint density at radius 1 is 1.36 bits per heavy atom. The Labute approximate surface area is 68.6 Å². The molecule has 0 saturated heterocycles. The summed E-state index contributed by atoms with van der Waals surface area (Å²) in [6, 6.07) is 0. The first-order chi connectivity index (χ1) is 5.11. The molecular formula is C8H19NO2. The molecular weight excluding hydrogens is 142 g/mol. The van der Waals surface area contributed by atoms with Gasteiger partial charge in [-0.1, -0.05) is 6.92 Å². The predicted molar refractivity (Wildman–Crippen MR) is 45.4 cm³/mol. The summed E-state index contributed by atoms with van der Waals surface area (Å²) in [5.74, 6) is -0.00463. The van der Waals surface area contributed by atoms with Crippen molar-refractivity contribution < 1.29 is 10.2 Å². The Bertz CT molecular complexity index is 96.1. The second-order valence-electron chi connectivity index (χ2n) is 3.18. The lowest BCUT2D eigenvalue weighted by molar-refractivity contribution is 0.0497. The van der Waals surface area contributed by atoms with Crippen LogP contribution in [-0.2, 0) is 0 Å². The first-order valence-electron chi connectivity index (χ1n) is 4.05. The average Bonchev–Trinajstić information content (AvgIpc) is 1.98. The van der Waals surface area contributed by atoms with Crippen molar-refractivity contribution in [3.8, 4) is 0 Å². The van der Waals surface area contributed by atoms with Crippen LogP contribution in [0, 0.1) is 5.92 Å². The number of aliphatic hydroxyl groups is 2. The zero-order valence-electron chi connectivity index (χ0n) is 7.62. The minimum Gasteiger partial charge on any atom is -0.396 e. The van der Waals surface area contributed by atoms with Crippen LogP contribution >= 0.6 is 0 Å². The summed E-state index contributed by atoms with van der Waals surface area (Å²) in [4.78, 5) is 1.97. The molecule has 0 amide bonds. The Hall–Kier alpha value is -0.120. The van der Waals surface area contributed by atoms with E-state index in [9.17, 15) is 5.11 Å². The molecule has 3 heteroatoms. The molecule has 2 atom stereocenters. The van der Waals surface area contributed by atoms with Crippen molar-refractivity contribution in [3.05, 3.63) is 0 Å². The summed E-state index contributed by atoms with van der Waals surface area (Å²) >= 11 is 0. The van der Waals surface area contributed by atoms with Crippen molar-refractivity contribution in [3.63, 3.8) is 0 Å². The maximum Gasteiger partial charge on any atom is 0.0600 e. The van der Waals surface area contributed by atoms with E-state index < -0.39 is 0 Å². The van der Waals surface area contributed by atoms with E-state index in [1.54, 1.807) is 0 Å². The predicted octanol–water partition coefficient (Wildman–Crippen LogP) is -0.0726. The number of aliphatic hydroxyl groups excluding tert-OH is 2. The lowest BCUT2D eigenvalue weighted by Crippen LogP contribution is -2.33. The monoisotopic (exact) mass is 161 g/mol. The number of nitrogens with zero attached hydrogens (tertiary/aromatic N) is 1. The highest BCUT2D eigenvalue weighted by Crippen LogP contribution is 2.07. The van der Waals surface area contributed by atoms with Gasteiger partial charge in [0.1, 0.15) is 0 Å². The third-order valence-electron chi connectivity index (χ3n) is 1.80. The Morgan fingerprint density at radius 3 is 2.18 bits per heavy atom. The van der Waals surface area contributed by atoms with Gasteiger partial charge in [0.05, 0.1) is 6.10 Å². The SMILES string of the molecule is CC[C@H](O)[C@@H](CO)CN(C)C. The molecule has 0 spiro atoms. The largest absolute Gasteiger partial charge is 0.396 e. The summed E-state index contributed by atoms with van der Waals surface area (Å²) in [6.45, 7) is 2.72. The van der Waals surface area contributed by atoms with Gasteiger partial charge in [-0.05, 0) is 20.5 Å². The van der Waals surface area contributed by atoms with E-state index in [1.165, 1.54) is 0 Å². The van der Waals surface area contributed by atoms with Gasteiger partial charge in [-0.3, -0.25) is 0 Å². The van der Waals surface area contributed by atoms with Crippen LogP contribution in [0.5, 0.6) is 0 Å². The van der Waals surface area contributed by atoms with Crippen LogP contribution in [0.1, 0.15) is 13.3 Å². The zero-order valence-corrected chi connectivity index (χ0v) is 7.62. The maximum atomic E-state index is 9.38. The molecule has 0 aliphatic carbocycles. The fraction of sp³-hybridized carbons (Fsp3) is 1.00. The fourth-order valence-corrected chi connectivity index (χ4v) is 1.10. The van der Waals surface area contributed by atoms with Crippen molar-refractivity contribution in [2.45, 2.75) is 19.4 Å². The van der Waals surface area contributed by atoms with Crippen molar-refractivity contribution in [2.75, 3.05) is 27.2 Å². The highest BCUT2D eigenvalue weighted by Gasteiger charge is 2.16. The van der Waals surface area contributed by atoms with Gasteiger partial charge in [0, 0.05) is 19.1 Å². The van der Waals surface area contributed by atoms with Crippen molar-refractivity contribution in [2.24, 2.45) is 5.92 Å². The Kier molecular flexibility index (Phi) is 5.46. The van der Waals surface area contributed by atoms with Crippen molar-refractivity contribution >= 4 is 0 Å². The summed E-state index contributed by atoms with van der Waals surface area (Å²) in [5.41, 5.74) is 0. The summed E-state index contributed by atoms with van der Waals surface area (Å²) in [7, 11) is 3.87. The second-order valence-corrected chi connectivity index (χ2v) is 3.18. The Balaban J connectivity index is 3.74. The lowest BCUT2D eigenvalue weighted by atomic mass is 10.0. The minimum atomic E-state index is -0.373. The molecule has 3 nitrogen and oxygen atoms in total. The fourth-order valence-electron chi connectivity index (χ4n) is 1.10. The molecule has 0 aliphatic rings. The third-order valence-corrected chi connectivity index (χ3v) is 1.80. The van der Waals surface area contributed by atoms with Gasteiger partial charge in [0.25, 0.3) is 0 Å². The van der Waals surface area contributed by atoms with Gasteiger partial charge in [0.15, 0.2) is 0 Å². The van der Waals surface area contributed by atoms with Gasteiger partial charge in [-0.25, -0.2) is 0 Å². The normalized spacial score (nSPS) is 16.9. The molecule has 0 rings (SSSR count). The lowest BCUT2D eigenvalue weighted by Gasteiger charge is -2.22. The number of hydrogen-bond donors (Lipinski definition) is 2. The standard InChI is InChI=1S/C8H19NO2/c1-4-8(11)7(6-10)5-9(2)3/h7-8,10-11H,4-6H2,1-3H3/t7-,8+/m1/s1. The van der Waals surface area contributed by atoms with E-state index in [-0.39, 0.29) is 18.6 Å². The molecule has 0 aliphatic heterocycles. The van der Waals surface area contributed by atoms with Gasteiger partial charge in [-0.2, -0.15) is 0 Å². The van der Waals surface area contributed by atoms with Crippen LogP contribution in [0.25, 0.3) is 0 Å². The summed E-state index contributed by atoms with van der Waals surface area (Å²) < 4.78 is 0. The Morgan fingerprint density at radius 2 is 1.91 bits per heavy atom. The first kappa shape index (κ1) is 10.9. The van der Waals surface area contributed by atoms with Gasteiger partial charge < -0.3 is 15.1 Å². The average molecular weight is 161 g/mol. The highest BCUT2D eigenvalue weighted by atomic mass is 16.3. The van der Waals surface area contributed by atoms with E-state index in [1.807, 2.05) is 25.9 Å². The summed E-state index contributed by atoms with van der Waals surface area (Å²) in [5, 5.41) is 18.3. The minimum absolute atomic E-state index is 0.00463. The van der Waals surface area contributed by atoms with Gasteiger partial charge in [0.2, 0.25) is 0 Å². The number of hydrogen-bond acceptors (Lipinski definition) is 3. The smallest absolute Gasteiger partial charge is 0.0600 e. The molecule has 68 valence electrons. The quantitative estimate of drug-likeness (QED) is 0.593. The summed E-state index contributed by atoms with van der Waals surface area (Å²) in [6.07, 6.45) is 0.335. The van der Waals surface area contributed by atoms with Crippen LogP contribution in [0.3, 0.4) is 0 Å². The molecule has 2 N–H and O–H groups in total. The molecule has 0 aromatic rings. The third kappa shape index (κ3) is 4.35.